The van der Waals surface area contributed by atoms with Gasteiger partial charge in [0.1, 0.15) is 5.84 Å². The second-order valence-corrected chi connectivity index (χ2v) is 1.81. The van der Waals surface area contributed by atoms with Crippen LogP contribution in [0.15, 0.2) is 16.9 Å². The third-order valence-electron chi connectivity index (χ3n) is 0.878. The Hall–Kier alpha value is -1.23. The van der Waals surface area contributed by atoms with E-state index in [0.717, 1.165) is 10.9 Å². The first kappa shape index (κ1) is 5.90. The van der Waals surface area contributed by atoms with E-state index in [2.05, 4.69) is 10.5 Å². The van der Waals surface area contributed by atoms with E-state index in [4.69, 9.17) is 11.6 Å². The summed E-state index contributed by atoms with van der Waals surface area (Å²) in [5.41, 5.74) is 8.92. The number of nitrogens with one attached hydrogen (secondary N) is 1. The van der Waals surface area contributed by atoms with Crippen LogP contribution in [0.5, 0.6) is 0 Å². The van der Waals surface area contributed by atoms with E-state index in [1.54, 1.807) is 6.08 Å². The van der Waals surface area contributed by atoms with Gasteiger partial charge in [-0.3, -0.25) is 5.43 Å². The van der Waals surface area contributed by atoms with E-state index in [1.165, 1.54) is 0 Å². The summed E-state index contributed by atoms with van der Waals surface area (Å²) in [4.78, 5) is 0. The number of hydrazone groups is 1. The first-order valence-electron chi connectivity index (χ1n) is 2.52. The van der Waals surface area contributed by atoms with Crippen LogP contribution in [-0.2, 0) is 0 Å². The monoisotopic (exact) mass is 127 g/mol. The van der Waals surface area contributed by atoms with Crippen molar-refractivity contribution in [2.24, 2.45) is 16.7 Å². The van der Waals surface area contributed by atoms with Crippen LogP contribution in [0.25, 0.3) is 0 Å². The van der Waals surface area contributed by atoms with Gasteiger partial charge >= 0.3 is 0 Å². The highest BCUT2D eigenvalue weighted by Crippen LogP contribution is 1.92. The van der Waals surface area contributed by atoms with E-state index in [0.29, 0.717) is 5.84 Å². The van der Waals surface area contributed by atoms with Crippen LogP contribution >= 0.6 is 0 Å². The summed E-state index contributed by atoms with van der Waals surface area (Å²) in [6.07, 6.45) is 1.70. The van der Waals surface area contributed by atoms with Crippen molar-refractivity contribution in [3.05, 3.63) is 11.8 Å². The fraction of sp³-hybridized carbons (Fsp3) is 0.250. The molecule has 0 spiro atoms. The molecule has 0 fully saturated rings. The molecule has 1 aliphatic heterocycles. The van der Waals surface area contributed by atoms with Gasteiger partial charge in [-0.05, 0) is 6.92 Å². The number of allylic oxidation sites excluding steroid dienone is 1. The van der Waals surface area contributed by atoms with Crippen LogP contribution in [0.1, 0.15) is 6.92 Å². The lowest BCUT2D eigenvalue weighted by atomic mass is 10.4. The molecule has 0 bridgehead atoms. The quantitative estimate of drug-likeness (QED) is 0.359. The van der Waals surface area contributed by atoms with Crippen LogP contribution in [0, 0.1) is 0 Å². The van der Waals surface area contributed by atoms with Crippen molar-refractivity contribution in [1.29, 1.82) is 0 Å². The van der Waals surface area contributed by atoms with Crippen LogP contribution in [0.2, 0.25) is 0 Å². The zero-order valence-electron chi connectivity index (χ0n) is 5.13. The number of rotatable bonds is 0. The Morgan fingerprint density at radius 1 is 1.78 bits per heavy atom. The molecule has 0 aromatic carbocycles. The number of hydrogen-bond donors (Lipinski definition) is 3. The number of nitrogens with two attached hydrogens (primary N) is 2. The van der Waals surface area contributed by atoms with E-state index in [9.17, 15) is 0 Å². The minimum atomic E-state index is 0.411. The molecule has 5 heteroatoms. The first-order valence-corrected chi connectivity index (χ1v) is 2.52. The molecule has 0 aromatic rings. The van der Waals surface area contributed by atoms with Crippen molar-refractivity contribution in [3.63, 3.8) is 0 Å². The highest BCUT2D eigenvalue weighted by atomic mass is 15.8. The summed E-state index contributed by atoms with van der Waals surface area (Å²) in [5, 5.41) is 4.73. The zero-order valence-corrected chi connectivity index (χ0v) is 5.13. The molecule has 0 radical (unpaired) electrons. The predicted octanol–water partition coefficient (Wildman–Crippen LogP) is -1.14. The fourth-order valence-corrected chi connectivity index (χ4v) is 0.613. The summed E-state index contributed by atoms with van der Waals surface area (Å²) in [6.45, 7) is 1.85. The summed E-state index contributed by atoms with van der Waals surface area (Å²) in [5.74, 6) is 5.64. The molecule has 0 aliphatic carbocycles. The molecule has 1 aliphatic rings. The van der Waals surface area contributed by atoms with Gasteiger partial charge in [-0.1, -0.05) is 0 Å². The SMILES string of the molecule is CC1=CC(N)=NN(N)N1. The normalized spacial score (nSPS) is 18.2. The third kappa shape index (κ3) is 1.33. The van der Waals surface area contributed by atoms with Crippen molar-refractivity contribution in [3.8, 4) is 0 Å². The number of hydrazine groups is 2. The highest BCUT2D eigenvalue weighted by Gasteiger charge is 2.01. The van der Waals surface area contributed by atoms with E-state index in [1.807, 2.05) is 6.92 Å². The van der Waals surface area contributed by atoms with Gasteiger partial charge in [0, 0.05) is 11.8 Å². The molecule has 0 atom stereocenters. The van der Waals surface area contributed by atoms with Gasteiger partial charge in [-0.2, -0.15) is 0 Å². The molecule has 9 heavy (non-hydrogen) atoms. The largest absolute Gasteiger partial charge is 0.382 e. The van der Waals surface area contributed by atoms with Crippen molar-refractivity contribution in [2.75, 3.05) is 0 Å². The van der Waals surface area contributed by atoms with Crippen molar-refractivity contribution >= 4 is 5.84 Å². The first-order chi connectivity index (χ1) is 4.18. The van der Waals surface area contributed by atoms with E-state index in [-0.39, 0.29) is 0 Å². The smallest absolute Gasteiger partial charge is 0.148 e. The van der Waals surface area contributed by atoms with Gasteiger partial charge in [0.05, 0.1) is 0 Å². The number of hydrogen-bond acceptors (Lipinski definition) is 5. The van der Waals surface area contributed by atoms with Crippen LogP contribution < -0.4 is 17.0 Å². The Balaban J connectivity index is 2.74. The van der Waals surface area contributed by atoms with E-state index < -0.39 is 0 Å². The number of nitrogens with zero attached hydrogens (tertiary/aromatic N) is 2. The maximum Gasteiger partial charge on any atom is 0.148 e. The standard InChI is InChI=1S/C4H9N5/c1-3-2-4(5)8-9(6)7-3/h2,7H,6H2,1H3,(H2,5,8). The highest BCUT2D eigenvalue weighted by molar-refractivity contribution is 5.92. The minimum Gasteiger partial charge on any atom is -0.382 e. The van der Waals surface area contributed by atoms with Crippen molar-refractivity contribution < 1.29 is 0 Å². The minimum absolute atomic E-state index is 0.411. The lowest BCUT2D eigenvalue weighted by molar-refractivity contribution is 0.225. The van der Waals surface area contributed by atoms with Gasteiger partial charge in [0.25, 0.3) is 0 Å². The zero-order chi connectivity index (χ0) is 6.85. The average molecular weight is 127 g/mol. The lowest BCUT2D eigenvalue weighted by Gasteiger charge is -2.18. The van der Waals surface area contributed by atoms with Gasteiger partial charge in [0.2, 0.25) is 0 Å². The van der Waals surface area contributed by atoms with Crippen molar-refractivity contribution in [2.45, 2.75) is 6.92 Å². The Morgan fingerprint density at radius 3 is 2.89 bits per heavy atom. The molecule has 0 saturated carbocycles. The molecule has 0 saturated heterocycles. The van der Waals surface area contributed by atoms with Crippen LogP contribution in [-0.4, -0.2) is 11.1 Å². The lowest BCUT2D eigenvalue weighted by Crippen LogP contribution is -2.42. The second kappa shape index (κ2) is 1.94. The van der Waals surface area contributed by atoms with Gasteiger partial charge in [-0.25, -0.2) is 5.84 Å². The van der Waals surface area contributed by atoms with Crippen LogP contribution in [0.3, 0.4) is 0 Å². The Morgan fingerprint density at radius 2 is 2.44 bits per heavy atom. The molecular weight excluding hydrogens is 118 g/mol. The van der Waals surface area contributed by atoms with Gasteiger partial charge < -0.3 is 5.73 Å². The Kier molecular flexibility index (Phi) is 1.27. The Bertz CT molecular complexity index is 170. The predicted molar refractivity (Wildman–Crippen MR) is 34.5 cm³/mol. The maximum atomic E-state index is 5.33. The Labute approximate surface area is 52.9 Å². The van der Waals surface area contributed by atoms with Gasteiger partial charge in [0.15, 0.2) is 0 Å². The molecule has 1 heterocycles. The third-order valence-corrected chi connectivity index (χ3v) is 0.878. The topological polar surface area (TPSA) is 79.7 Å². The fourth-order valence-electron chi connectivity index (χ4n) is 0.613. The molecular formula is C4H9N5. The molecule has 0 amide bonds. The van der Waals surface area contributed by atoms with Crippen molar-refractivity contribution in [1.82, 2.24) is 10.7 Å². The summed E-state index contributed by atoms with van der Waals surface area (Å²) in [6, 6.07) is 0. The van der Waals surface area contributed by atoms with Gasteiger partial charge in [-0.15, -0.1) is 10.3 Å². The molecule has 0 aromatic heterocycles. The molecule has 0 unspecified atom stereocenters. The molecule has 5 N–H and O–H groups in total. The molecule has 1 rings (SSSR count). The number of amidine groups is 1. The average Bonchev–Trinajstić information content (AvgIpc) is 1.59. The molecule has 5 nitrogen and oxygen atoms in total. The summed E-state index contributed by atoms with van der Waals surface area (Å²) in [7, 11) is 0. The summed E-state index contributed by atoms with van der Waals surface area (Å²) < 4.78 is 0. The molecule has 50 valence electrons. The van der Waals surface area contributed by atoms with E-state index >= 15 is 0 Å². The van der Waals surface area contributed by atoms with Crippen LogP contribution in [0.4, 0.5) is 0 Å². The summed E-state index contributed by atoms with van der Waals surface area (Å²) >= 11 is 0. The maximum absolute atomic E-state index is 5.33. The second-order valence-electron chi connectivity index (χ2n) is 1.81.